The molecule has 1 aliphatic rings. The average molecular weight is 434 g/mol. The zero-order valence-electron chi connectivity index (χ0n) is 18.1. The molecule has 0 unspecified atom stereocenters. The molecule has 32 heavy (non-hydrogen) atoms. The van der Waals surface area contributed by atoms with E-state index in [0.717, 1.165) is 22.5 Å². The van der Waals surface area contributed by atoms with E-state index in [-0.39, 0.29) is 6.03 Å². The van der Waals surface area contributed by atoms with Gasteiger partial charge in [-0.15, -0.1) is 0 Å². The van der Waals surface area contributed by atoms with Crippen molar-refractivity contribution in [3.63, 3.8) is 0 Å². The molecule has 4 rings (SSSR count). The van der Waals surface area contributed by atoms with Gasteiger partial charge in [0.25, 0.3) is 0 Å². The second kappa shape index (κ2) is 9.55. The number of aromatic nitrogens is 2. The second-order valence-corrected chi connectivity index (χ2v) is 7.60. The van der Waals surface area contributed by atoms with Gasteiger partial charge in [0.1, 0.15) is 17.8 Å². The Kier molecular flexibility index (Phi) is 6.39. The number of aromatic amines is 1. The van der Waals surface area contributed by atoms with Gasteiger partial charge in [0.15, 0.2) is 0 Å². The molecule has 2 heterocycles. The molecule has 0 bridgehead atoms. The van der Waals surface area contributed by atoms with E-state index >= 15 is 0 Å². The summed E-state index contributed by atoms with van der Waals surface area (Å²) in [6, 6.07) is 15.6. The van der Waals surface area contributed by atoms with Crippen molar-refractivity contribution in [1.29, 1.82) is 0 Å². The lowest BCUT2D eigenvalue weighted by Crippen LogP contribution is -2.52. The zero-order chi connectivity index (χ0) is 22.5. The second-order valence-electron chi connectivity index (χ2n) is 7.60. The van der Waals surface area contributed by atoms with E-state index in [1.807, 2.05) is 54.6 Å². The molecule has 0 saturated carbocycles. The quantitative estimate of drug-likeness (QED) is 0.582. The SMILES string of the molecule is COC(=O)[C@H](Cc1ccccc1)NC(=O)N1CCc2[nH]cnc2[C@H]1c1cccc(OC)c1. The third-order valence-electron chi connectivity index (χ3n) is 5.66. The Hall–Kier alpha value is -3.81. The number of nitrogens with zero attached hydrogens (tertiary/aromatic N) is 2. The molecule has 2 amide bonds. The predicted molar refractivity (Wildman–Crippen MR) is 118 cm³/mol. The molecule has 2 N–H and O–H groups in total. The Balaban J connectivity index is 1.62. The van der Waals surface area contributed by atoms with Crippen LogP contribution < -0.4 is 10.1 Å². The maximum absolute atomic E-state index is 13.4. The molecular weight excluding hydrogens is 408 g/mol. The lowest BCUT2D eigenvalue weighted by atomic mass is 9.95. The Morgan fingerprint density at radius 1 is 1.19 bits per heavy atom. The fourth-order valence-corrected chi connectivity index (χ4v) is 4.06. The predicted octanol–water partition coefficient (Wildman–Crippen LogP) is 2.86. The molecule has 0 saturated heterocycles. The largest absolute Gasteiger partial charge is 0.497 e. The minimum atomic E-state index is -0.804. The van der Waals surface area contributed by atoms with Gasteiger partial charge in [-0.3, -0.25) is 0 Å². The number of carbonyl (C=O) groups excluding carboxylic acids is 2. The molecule has 0 aliphatic carbocycles. The summed E-state index contributed by atoms with van der Waals surface area (Å²) in [4.78, 5) is 35.2. The van der Waals surface area contributed by atoms with Crippen molar-refractivity contribution in [3.8, 4) is 5.75 Å². The number of imidazole rings is 1. The molecule has 2 aromatic carbocycles. The van der Waals surface area contributed by atoms with Crippen LogP contribution in [-0.4, -0.2) is 53.7 Å². The summed E-state index contributed by atoms with van der Waals surface area (Å²) in [5.74, 6) is 0.208. The Bertz CT molecular complexity index is 1080. The molecule has 1 aliphatic heterocycles. The van der Waals surface area contributed by atoms with Crippen LogP contribution >= 0.6 is 0 Å². The summed E-state index contributed by atoms with van der Waals surface area (Å²) in [5, 5.41) is 2.88. The Labute approximate surface area is 186 Å². The van der Waals surface area contributed by atoms with Crippen molar-refractivity contribution in [1.82, 2.24) is 20.2 Å². The fraction of sp³-hybridized carbons (Fsp3) is 0.292. The molecular formula is C24H26N4O4. The highest BCUT2D eigenvalue weighted by atomic mass is 16.5. The van der Waals surface area contributed by atoms with Gasteiger partial charge in [-0.05, 0) is 23.3 Å². The van der Waals surface area contributed by atoms with Crippen molar-refractivity contribution in [2.24, 2.45) is 0 Å². The third-order valence-corrected chi connectivity index (χ3v) is 5.66. The maximum atomic E-state index is 13.4. The topological polar surface area (TPSA) is 96.6 Å². The first-order chi connectivity index (χ1) is 15.6. The maximum Gasteiger partial charge on any atom is 0.328 e. The zero-order valence-corrected chi connectivity index (χ0v) is 18.1. The van der Waals surface area contributed by atoms with Gasteiger partial charge in [-0.2, -0.15) is 0 Å². The first-order valence-corrected chi connectivity index (χ1v) is 10.5. The van der Waals surface area contributed by atoms with Crippen LogP contribution in [0.3, 0.4) is 0 Å². The number of carbonyl (C=O) groups is 2. The Morgan fingerprint density at radius 3 is 2.75 bits per heavy atom. The summed E-state index contributed by atoms with van der Waals surface area (Å²) < 4.78 is 10.3. The van der Waals surface area contributed by atoms with Crippen LogP contribution in [0.5, 0.6) is 5.75 Å². The van der Waals surface area contributed by atoms with Crippen LogP contribution in [0.4, 0.5) is 4.79 Å². The smallest absolute Gasteiger partial charge is 0.328 e. The van der Waals surface area contributed by atoms with Gasteiger partial charge in [-0.1, -0.05) is 42.5 Å². The first kappa shape index (κ1) is 21.4. The van der Waals surface area contributed by atoms with Crippen LogP contribution in [0.2, 0.25) is 0 Å². The Morgan fingerprint density at radius 2 is 2.00 bits per heavy atom. The number of hydrogen-bond acceptors (Lipinski definition) is 5. The summed E-state index contributed by atoms with van der Waals surface area (Å²) in [7, 11) is 2.93. The molecule has 0 fully saturated rings. The van der Waals surface area contributed by atoms with Gasteiger partial charge in [0, 0.05) is 25.1 Å². The van der Waals surface area contributed by atoms with Crippen molar-refractivity contribution >= 4 is 12.0 Å². The van der Waals surface area contributed by atoms with Crippen molar-refractivity contribution in [3.05, 3.63) is 83.4 Å². The molecule has 166 valence electrons. The normalized spacial score (nSPS) is 16.1. The number of benzene rings is 2. The van der Waals surface area contributed by atoms with Crippen LogP contribution in [0, 0.1) is 0 Å². The third kappa shape index (κ3) is 4.44. The van der Waals surface area contributed by atoms with Gasteiger partial charge < -0.3 is 24.7 Å². The highest BCUT2D eigenvalue weighted by Gasteiger charge is 2.36. The monoisotopic (exact) mass is 434 g/mol. The van der Waals surface area contributed by atoms with Gasteiger partial charge >= 0.3 is 12.0 Å². The summed E-state index contributed by atoms with van der Waals surface area (Å²) >= 11 is 0. The lowest BCUT2D eigenvalue weighted by molar-refractivity contribution is -0.142. The number of ether oxygens (including phenoxy) is 2. The van der Waals surface area contributed by atoms with E-state index in [9.17, 15) is 9.59 Å². The number of amides is 2. The standard InChI is InChI=1S/C24H26N4O4/c1-31-18-10-6-9-17(14-18)22-21-19(25-15-26-21)11-12-28(22)24(30)27-20(23(29)32-2)13-16-7-4-3-5-8-16/h3-10,14-15,20,22H,11-13H2,1-2H3,(H,25,26)(H,27,30)/t20-,22+/m0/s1. The summed E-state index contributed by atoms with van der Waals surface area (Å²) in [6.45, 7) is 0.474. The van der Waals surface area contributed by atoms with Gasteiger partial charge in [0.05, 0.1) is 26.2 Å². The molecule has 1 aromatic heterocycles. The summed E-state index contributed by atoms with van der Waals surface area (Å²) in [5.41, 5.74) is 3.60. The minimum absolute atomic E-state index is 0.338. The van der Waals surface area contributed by atoms with Crippen LogP contribution in [0.25, 0.3) is 0 Å². The number of hydrogen-bond donors (Lipinski definition) is 2. The van der Waals surface area contributed by atoms with E-state index in [2.05, 4.69) is 15.3 Å². The van der Waals surface area contributed by atoms with Crippen molar-refractivity contribution in [2.45, 2.75) is 24.9 Å². The summed E-state index contributed by atoms with van der Waals surface area (Å²) in [6.07, 6.45) is 2.63. The van der Waals surface area contributed by atoms with Gasteiger partial charge in [-0.25, -0.2) is 14.6 Å². The number of esters is 1. The first-order valence-electron chi connectivity index (χ1n) is 10.5. The molecule has 0 radical (unpaired) electrons. The highest BCUT2D eigenvalue weighted by Crippen LogP contribution is 2.34. The van der Waals surface area contributed by atoms with Crippen LogP contribution in [-0.2, 0) is 22.4 Å². The van der Waals surface area contributed by atoms with Gasteiger partial charge in [0.2, 0.25) is 0 Å². The van der Waals surface area contributed by atoms with E-state index in [1.165, 1.54) is 7.11 Å². The number of methoxy groups -OCH3 is 2. The van der Waals surface area contributed by atoms with Crippen molar-refractivity contribution in [2.75, 3.05) is 20.8 Å². The molecule has 3 aromatic rings. The minimum Gasteiger partial charge on any atom is -0.497 e. The number of fused-ring (bicyclic) bond motifs is 1. The highest BCUT2D eigenvalue weighted by molar-refractivity contribution is 5.84. The van der Waals surface area contributed by atoms with E-state index in [0.29, 0.717) is 25.1 Å². The fourth-order valence-electron chi connectivity index (χ4n) is 4.06. The number of nitrogens with one attached hydrogen (secondary N) is 2. The number of urea groups is 1. The average Bonchev–Trinajstić information content (AvgIpc) is 3.32. The number of H-pyrrole nitrogens is 1. The van der Waals surface area contributed by atoms with Crippen LogP contribution in [0.1, 0.15) is 28.6 Å². The molecule has 2 atom stereocenters. The van der Waals surface area contributed by atoms with Crippen molar-refractivity contribution < 1.29 is 19.1 Å². The molecule has 8 nitrogen and oxygen atoms in total. The number of rotatable bonds is 6. The van der Waals surface area contributed by atoms with E-state index < -0.39 is 18.1 Å². The van der Waals surface area contributed by atoms with E-state index in [4.69, 9.17) is 9.47 Å². The molecule has 0 spiro atoms. The molecule has 8 heteroatoms. The van der Waals surface area contributed by atoms with E-state index in [1.54, 1.807) is 18.3 Å². The van der Waals surface area contributed by atoms with Crippen LogP contribution in [0.15, 0.2) is 60.9 Å². The lowest BCUT2D eigenvalue weighted by Gasteiger charge is -2.36.